The summed E-state index contributed by atoms with van der Waals surface area (Å²) in [6, 6.07) is 5.17. The molecular formula is C15H16ClN3O2. The second-order valence-corrected chi connectivity index (χ2v) is 5.92. The Morgan fingerprint density at radius 3 is 2.90 bits per heavy atom. The van der Waals surface area contributed by atoms with Crippen LogP contribution in [0.1, 0.15) is 24.0 Å². The average molecular weight is 306 g/mol. The normalized spacial score (nSPS) is 25.0. The van der Waals surface area contributed by atoms with Crippen LogP contribution in [0.15, 0.2) is 12.1 Å². The van der Waals surface area contributed by atoms with Crippen LogP contribution in [0.2, 0.25) is 5.02 Å². The Labute approximate surface area is 128 Å². The summed E-state index contributed by atoms with van der Waals surface area (Å²) in [7, 11) is 0. The largest absolute Gasteiger partial charge is 0.391 e. The first-order valence-corrected chi connectivity index (χ1v) is 7.37. The molecule has 2 unspecified atom stereocenters. The third-order valence-corrected chi connectivity index (χ3v) is 4.85. The second-order valence-electron chi connectivity index (χ2n) is 5.55. The molecule has 2 saturated heterocycles. The summed E-state index contributed by atoms with van der Waals surface area (Å²) in [5.74, 6) is 0. The Kier molecular flexibility index (Phi) is 3.52. The molecule has 21 heavy (non-hydrogen) atoms. The third kappa shape index (κ3) is 2.15. The van der Waals surface area contributed by atoms with E-state index in [4.69, 9.17) is 16.9 Å². The maximum absolute atomic E-state index is 12.5. The summed E-state index contributed by atoms with van der Waals surface area (Å²) in [5.41, 5.74) is 1.84. The molecule has 0 aliphatic carbocycles. The molecule has 2 heterocycles. The number of aliphatic hydroxyl groups excluding tert-OH is 1. The zero-order chi connectivity index (χ0) is 15.1. The minimum Gasteiger partial charge on any atom is -0.391 e. The average Bonchev–Trinajstić information content (AvgIpc) is 2.81. The third-order valence-electron chi connectivity index (χ3n) is 4.36. The summed E-state index contributed by atoms with van der Waals surface area (Å²) < 4.78 is 0. The number of aliphatic hydroxyl groups is 1. The molecule has 2 atom stereocenters. The molecule has 5 nitrogen and oxygen atoms in total. The number of amides is 2. The van der Waals surface area contributed by atoms with Gasteiger partial charge in [0.25, 0.3) is 0 Å². The van der Waals surface area contributed by atoms with E-state index >= 15 is 0 Å². The van der Waals surface area contributed by atoms with Gasteiger partial charge in [0.1, 0.15) is 6.07 Å². The van der Waals surface area contributed by atoms with Gasteiger partial charge in [0.2, 0.25) is 0 Å². The van der Waals surface area contributed by atoms with Crippen LogP contribution in [0, 0.1) is 18.3 Å². The number of urea groups is 1. The van der Waals surface area contributed by atoms with E-state index in [1.807, 2.05) is 6.07 Å². The first-order valence-electron chi connectivity index (χ1n) is 7.00. The summed E-state index contributed by atoms with van der Waals surface area (Å²) in [4.78, 5) is 15.9. The quantitative estimate of drug-likeness (QED) is 0.865. The highest BCUT2D eigenvalue weighted by Crippen LogP contribution is 2.35. The van der Waals surface area contributed by atoms with E-state index in [1.165, 1.54) is 0 Å². The van der Waals surface area contributed by atoms with Gasteiger partial charge in [0, 0.05) is 12.2 Å². The van der Waals surface area contributed by atoms with Gasteiger partial charge >= 0.3 is 6.03 Å². The number of nitriles is 1. The number of carbonyl (C=O) groups excluding carboxylic acids is 1. The van der Waals surface area contributed by atoms with Crippen LogP contribution in [0.3, 0.4) is 0 Å². The molecular weight excluding hydrogens is 290 g/mol. The Morgan fingerprint density at radius 2 is 2.24 bits per heavy atom. The fraction of sp³-hybridized carbons (Fsp3) is 0.467. The van der Waals surface area contributed by atoms with Crippen LogP contribution in [0.4, 0.5) is 10.5 Å². The van der Waals surface area contributed by atoms with Crippen LogP contribution in [0.5, 0.6) is 0 Å². The van der Waals surface area contributed by atoms with E-state index in [0.717, 1.165) is 18.4 Å². The molecule has 0 radical (unpaired) electrons. The zero-order valence-electron chi connectivity index (χ0n) is 11.7. The van der Waals surface area contributed by atoms with Crippen molar-refractivity contribution >= 4 is 23.3 Å². The Balaban J connectivity index is 1.97. The van der Waals surface area contributed by atoms with Gasteiger partial charge in [-0.15, -0.1) is 0 Å². The molecule has 0 spiro atoms. The van der Waals surface area contributed by atoms with Crippen LogP contribution in [-0.2, 0) is 0 Å². The highest BCUT2D eigenvalue weighted by atomic mass is 35.5. The van der Waals surface area contributed by atoms with Gasteiger partial charge in [-0.2, -0.15) is 5.26 Å². The van der Waals surface area contributed by atoms with Gasteiger partial charge in [0.05, 0.1) is 29.3 Å². The number of rotatable bonds is 1. The summed E-state index contributed by atoms with van der Waals surface area (Å²) in [6.07, 6.45) is 1.08. The molecule has 1 N–H and O–H groups in total. The van der Waals surface area contributed by atoms with Crippen LogP contribution in [-0.4, -0.2) is 41.3 Å². The van der Waals surface area contributed by atoms with Crippen molar-refractivity contribution in [2.75, 3.05) is 18.0 Å². The lowest BCUT2D eigenvalue weighted by atomic mass is 10.0. The topological polar surface area (TPSA) is 67.6 Å². The zero-order valence-corrected chi connectivity index (χ0v) is 12.5. The van der Waals surface area contributed by atoms with Crippen molar-refractivity contribution in [2.24, 2.45) is 0 Å². The number of halogens is 1. The van der Waals surface area contributed by atoms with Crippen molar-refractivity contribution < 1.29 is 9.90 Å². The number of piperidine rings is 1. The Hall–Kier alpha value is -1.77. The minimum absolute atomic E-state index is 0.0948. The smallest absolute Gasteiger partial charge is 0.324 e. The fourth-order valence-electron chi connectivity index (χ4n) is 3.17. The lowest BCUT2D eigenvalue weighted by Crippen LogP contribution is -2.46. The van der Waals surface area contributed by atoms with Crippen molar-refractivity contribution in [1.29, 1.82) is 5.26 Å². The molecule has 1 aromatic carbocycles. The number of nitrogens with zero attached hydrogens (tertiary/aromatic N) is 3. The van der Waals surface area contributed by atoms with Gasteiger partial charge in [0.15, 0.2) is 0 Å². The minimum atomic E-state index is -0.471. The summed E-state index contributed by atoms with van der Waals surface area (Å²) >= 11 is 6.18. The fourth-order valence-corrected chi connectivity index (χ4v) is 3.37. The second kappa shape index (κ2) is 5.21. The Bertz CT molecular complexity index is 641. The van der Waals surface area contributed by atoms with E-state index in [9.17, 15) is 9.90 Å². The lowest BCUT2D eigenvalue weighted by molar-refractivity contribution is 0.0518. The molecule has 2 fully saturated rings. The number of anilines is 1. The molecule has 6 heteroatoms. The van der Waals surface area contributed by atoms with Crippen molar-refractivity contribution in [3.8, 4) is 6.07 Å². The number of hydrogen-bond acceptors (Lipinski definition) is 3. The van der Waals surface area contributed by atoms with Gasteiger partial charge in [-0.25, -0.2) is 4.79 Å². The molecule has 0 bridgehead atoms. The lowest BCUT2D eigenvalue weighted by Gasteiger charge is -2.31. The maximum atomic E-state index is 12.5. The molecule has 3 rings (SSSR count). The summed E-state index contributed by atoms with van der Waals surface area (Å²) in [5, 5.41) is 19.5. The summed E-state index contributed by atoms with van der Waals surface area (Å²) in [6.45, 7) is 2.95. The van der Waals surface area contributed by atoms with Gasteiger partial charge in [-0.1, -0.05) is 11.6 Å². The standard InChI is InChI=1S/C15H16ClN3O2/c1-9-11(5-4-10(7-17)14(9)16)19-8-12-13(20)3-2-6-18(12)15(19)21/h4-5,12-13,20H,2-3,6,8H2,1H3. The predicted molar refractivity (Wildman–Crippen MR) is 79.4 cm³/mol. The first-order chi connectivity index (χ1) is 10.0. The van der Waals surface area contributed by atoms with E-state index in [2.05, 4.69) is 0 Å². The molecule has 1 aromatic rings. The van der Waals surface area contributed by atoms with Gasteiger partial charge in [-0.05, 0) is 37.5 Å². The van der Waals surface area contributed by atoms with E-state index in [0.29, 0.717) is 29.4 Å². The monoisotopic (exact) mass is 305 g/mol. The highest BCUT2D eigenvalue weighted by molar-refractivity contribution is 6.33. The van der Waals surface area contributed by atoms with E-state index in [-0.39, 0.29) is 12.1 Å². The number of benzene rings is 1. The van der Waals surface area contributed by atoms with E-state index in [1.54, 1.807) is 28.9 Å². The molecule has 2 aliphatic heterocycles. The van der Waals surface area contributed by atoms with Crippen LogP contribution in [0.25, 0.3) is 0 Å². The molecule has 110 valence electrons. The van der Waals surface area contributed by atoms with Crippen molar-refractivity contribution in [2.45, 2.75) is 31.9 Å². The van der Waals surface area contributed by atoms with Crippen molar-refractivity contribution in [1.82, 2.24) is 4.90 Å². The first kappa shape index (κ1) is 14.2. The van der Waals surface area contributed by atoms with Gasteiger partial charge < -0.3 is 10.0 Å². The molecule has 0 aromatic heterocycles. The van der Waals surface area contributed by atoms with Gasteiger partial charge in [-0.3, -0.25) is 4.90 Å². The van der Waals surface area contributed by atoms with E-state index < -0.39 is 6.10 Å². The Morgan fingerprint density at radius 1 is 1.48 bits per heavy atom. The SMILES string of the molecule is Cc1c(N2CC3C(O)CCCN3C2=O)ccc(C#N)c1Cl. The maximum Gasteiger partial charge on any atom is 0.324 e. The number of hydrogen-bond donors (Lipinski definition) is 1. The number of fused-ring (bicyclic) bond motifs is 1. The van der Waals surface area contributed by atoms with Crippen molar-refractivity contribution in [3.63, 3.8) is 0 Å². The predicted octanol–water partition coefficient (Wildman–Crippen LogP) is 2.29. The van der Waals surface area contributed by atoms with Crippen LogP contribution >= 0.6 is 11.6 Å². The highest BCUT2D eigenvalue weighted by Gasteiger charge is 2.43. The van der Waals surface area contributed by atoms with Crippen molar-refractivity contribution in [3.05, 3.63) is 28.3 Å². The van der Waals surface area contributed by atoms with Crippen LogP contribution < -0.4 is 4.90 Å². The molecule has 2 aliphatic rings. The molecule has 2 amide bonds. The number of carbonyl (C=O) groups is 1. The molecule has 0 saturated carbocycles.